The van der Waals surface area contributed by atoms with Crippen molar-refractivity contribution in [2.45, 2.75) is 0 Å². The summed E-state index contributed by atoms with van der Waals surface area (Å²) in [5.41, 5.74) is 2.89. The second-order valence-electron chi connectivity index (χ2n) is 6.76. The number of nitrogens with zero attached hydrogens (tertiary/aromatic N) is 2. The minimum atomic E-state index is -0.709. The van der Waals surface area contributed by atoms with Gasteiger partial charge in [-0.3, -0.25) is 14.9 Å². The van der Waals surface area contributed by atoms with Gasteiger partial charge in [0.2, 0.25) is 0 Å². The van der Waals surface area contributed by atoms with Crippen molar-refractivity contribution in [3.8, 4) is 17.2 Å². The molecule has 0 heterocycles. The number of nitro groups is 1. The van der Waals surface area contributed by atoms with Crippen LogP contribution < -0.4 is 19.6 Å². The molecule has 0 saturated carbocycles. The van der Waals surface area contributed by atoms with Crippen molar-refractivity contribution >= 4 is 51.3 Å². The minimum Gasteiger partial charge on any atom is -0.493 e. The molecule has 3 rings (SSSR count). The molecule has 3 aromatic carbocycles. The van der Waals surface area contributed by atoms with E-state index in [9.17, 15) is 19.7 Å². The highest BCUT2D eigenvalue weighted by Gasteiger charge is 2.14. The molecule has 180 valence electrons. The van der Waals surface area contributed by atoms with Crippen molar-refractivity contribution in [2.75, 3.05) is 13.7 Å². The number of hydrazone groups is 1. The molecular formula is C23H17BrClN3O7. The van der Waals surface area contributed by atoms with Crippen LogP contribution in [0.3, 0.4) is 0 Å². The van der Waals surface area contributed by atoms with E-state index in [0.29, 0.717) is 20.8 Å². The van der Waals surface area contributed by atoms with Gasteiger partial charge in [0.1, 0.15) is 5.75 Å². The Morgan fingerprint density at radius 2 is 1.80 bits per heavy atom. The summed E-state index contributed by atoms with van der Waals surface area (Å²) < 4.78 is 16.6. The van der Waals surface area contributed by atoms with E-state index in [1.54, 1.807) is 30.3 Å². The largest absolute Gasteiger partial charge is 0.493 e. The van der Waals surface area contributed by atoms with Gasteiger partial charge in [0.05, 0.1) is 28.3 Å². The molecule has 0 aromatic heterocycles. The first kappa shape index (κ1) is 25.7. The fourth-order valence-electron chi connectivity index (χ4n) is 2.67. The molecule has 35 heavy (non-hydrogen) atoms. The predicted molar refractivity (Wildman–Crippen MR) is 131 cm³/mol. The van der Waals surface area contributed by atoms with Gasteiger partial charge in [0.15, 0.2) is 18.1 Å². The van der Waals surface area contributed by atoms with Crippen LogP contribution in [0.5, 0.6) is 17.2 Å². The van der Waals surface area contributed by atoms with Crippen molar-refractivity contribution in [3.63, 3.8) is 0 Å². The lowest BCUT2D eigenvalue weighted by Gasteiger charge is -2.10. The molecular weight excluding hydrogens is 546 g/mol. The number of halogens is 2. The molecule has 0 aliphatic rings. The molecule has 1 amide bonds. The van der Waals surface area contributed by atoms with Crippen molar-refractivity contribution in [1.29, 1.82) is 0 Å². The predicted octanol–water partition coefficient (Wildman–Crippen LogP) is 4.77. The molecule has 0 aliphatic carbocycles. The Bertz CT molecular complexity index is 1280. The molecule has 1 N–H and O–H groups in total. The number of non-ortho nitro benzene ring substituents is 1. The molecule has 0 radical (unpaired) electrons. The maximum Gasteiger partial charge on any atom is 0.343 e. The quantitative estimate of drug-likeness (QED) is 0.131. The summed E-state index contributed by atoms with van der Waals surface area (Å²) in [6.07, 6.45) is 1.38. The van der Waals surface area contributed by atoms with Gasteiger partial charge in [-0.15, -0.1) is 0 Å². The first-order valence-electron chi connectivity index (χ1n) is 9.81. The number of methoxy groups -OCH3 is 1. The number of ether oxygens (including phenoxy) is 3. The fraction of sp³-hybridized carbons (Fsp3) is 0.0870. The standard InChI is InChI=1S/C23H17BrClN3O7/c1-33-21-10-14(12-26-27-22(29)13-34-19-9-5-16(25)11-18(19)24)2-8-20(21)35-23(30)15-3-6-17(7-4-15)28(31)32/h2-12H,13H2,1H3,(H,27,29). The van der Waals surface area contributed by atoms with Crippen molar-refractivity contribution in [2.24, 2.45) is 5.10 Å². The number of carbonyl (C=O) groups is 2. The Balaban J connectivity index is 1.57. The minimum absolute atomic E-state index is 0.138. The summed E-state index contributed by atoms with van der Waals surface area (Å²) in [4.78, 5) is 34.5. The summed E-state index contributed by atoms with van der Waals surface area (Å²) in [6.45, 7) is -0.265. The van der Waals surface area contributed by atoms with Gasteiger partial charge < -0.3 is 14.2 Å². The lowest BCUT2D eigenvalue weighted by atomic mass is 10.2. The molecule has 0 bridgehead atoms. The lowest BCUT2D eigenvalue weighted by Crippen LogP contribution is -2.24. The molecule has 0 unspecified atom stereocenters. The monoisotopic (exact) mass is 561 g/mol. The van der Waals surface area contributed by atoms with Gasteiger partial charge in [-0.1, -0.05) is 11.6 Å². The van der Waals surface area contributed by atoms with Crippen LogP contribution in [0.25, 0.3) is 0 Å². The van der Waals surface area contributed by atoms with E-state index in [2.05, 4.69) is 26.5 Å². The molecule has 0 atom stereocenters. The van der Waals surface area contributed by atoms with Gasteiger partial charge >= 0.3 is 5.97 Å². The highest BCUT2D eigenvalue weighted by Crippen LogP contribution is 2.29. The number of nitrogens with one attached hydrogen (secondary N) is 1. The van der Waals surface area contributed by atoms with Gasteiger partial charge in [0.25, 0.3) is 11.6 Å². The van der Waals surface area contributed by atoms with E-state index in [0.717, 1.165) is 0 Å². The third-order valence-electron chi connectivity index (χ3n) is 4.36. The van der Waals surface area contributed by atoms with Crippen LogP contribution in [0.1, 0.15) is 15.9 Å². The van der Waals surface area contributed by atoms with E-state index >= 15 is 0 Å². The van der Waals surface area contributed by atoms with E-state index in [1.165, 1.54) is 43.7 Å². The summed E-state index contributed by atoms with van der Waals surface area (Å²) in [5, 5.41) is 15.1. The van der Waals surface area contributed by atoms with Crippen molar-refractivity contribution in [3.05, 3.63) is 91.4 Å². The van der Waals surface area contributed by atoms with Gasteiger partial charge in [-0.2, -0.15) is 5.10 Å². The highest BCUT2D eigenvalue weighted by atomic mass is 79.9. The Morgan fingerprint density at radius 3 is 2.46 bits per heavy atom. The van der Waals surface area contributed by atoms with Crippen LogP contribution >= 0.6 is 27.5 Å². The van der Waals surface area contributed by atoms with Gasteiger partial charge in [-0.05, 0) is 70.0 Å². The number of amides is 1. The van der Waals surface area contributed by atoms with E-state index in [-0.39, 0.29) is 29.4 Å². The fourth-order valence-corrected chi connectivity index (χ4v) is 3.47. The van der Waals surface area contributed by atoms with Gasteiger partial charge in [-0.25, -0.2) is 10.2 Å². The molecule has 3 aromatic rings. The van der Waals surface area contributed by atoms with Crippen LogP contribution in [0.15, 0.2) is 70.2 Å². The topological polar surface area (TPSA) is 129 Å². The average molecular weight is 563 g/mol. The third kappa shape index (κ3) is 7.26. The Labute approximate surface area is 212 Å². The van der Waals surface area contributed by atoms with Crippen LogP contribution in [0, 0.1) is 10.1 Å². The van der Waals surface area contributed by atoms with E-state index < -0.39 is 16.8 Å². The number of benzene rings is 3. The van der Waals surface area contributed by atoms with Crippen molar-refractivity contribution in [1.82, 2.24) is 5.43 Å². The summed E-state index contributed by atoms with van der Waals surface area (Å²) in [6, 6.07) is 14.6. The zero-order chi connectivity index (χ0) is 25.4. The number of carbonyl (C=O) groups excluding carboxylic acids is 2. The van der Waals surface area contributed by atoms with Crippen LogP contribution in [0.4, 0.5) is 5.69 Å². The number of hydrogen-bond acceptors (Lipinski definition) is 8. The number of esters is 1. The first-order chi connectivity index (χ1) is 16.8. The van der Waals surface area contributed by atoms with Crippen LogP contribution in [0.2, 0.25) is 5.02 Å². The van der Waals surface area contributed by atoms with E-state index in [4.69, 9.17) is 25.8 Å². The molecule has 10 nitrogen and oxygen atoms in total. The normalized spacial score (nSPS) is 10.6. The number of nitro benzene ring substituents is 1. The molecule has 0 fully saturated rings. The summed E-state index contributed by atoms with van der Waals surface area (Å²) >= 11 is 9.16. The lowest BCUT2D eigenvalue weighted by molar-refractivity contribution is -0.384. The SMILES string of the molecule is COc1cc(C=NNC(=O)COc2ccc(Cl)cc2Br)ccc1OC(=O)c1ccc([N+](=O)[O-])cc1. The maximum atomic E-state index is 12.4. The summed E-state index contributed by atoms with van der Waals surface area (Å²) in [5.74, 6) is -0.356. The molecule has 12 heteroatoms. The summed E-state index contributed by atoms with van der Waals surface area (Å²) in [7, 11) is 1.40. The second-order valence-corrected chi connectivity index (χ2v) is 8.05. The van der Waals surface area contributed by atoms with E-state index in [1.807, 2.05) is 0 Å². The van der Waals surface area contributed by atoms with Gasteiger partial charge in [0, 0.05) is 17.2 Å². The smallest absolute Gasteiger partial charge is 0.343 e. The third-order valence-corrected chi connectivity index (χ3v) is 5.21. The second kappa shape index (κ2) is 12.0. The van der Waals surface area contributed by atoms with Crippen molar-refractivity contribution < 1.29 is 28.7 Å². The number of rotatable bonds is 9. The Kier molecular flexibility index (Phi) is 8.76. The average Bonchev–Trinajstić information content (AvgIpc) is 2.84. The van der Waals surface area contributed by atoms with Crippen LogP contribution in [-0.2, 0) is 4.79 Å². The maximum absolute atomic E-state index is 12.4. The first-order valence-corrected chi connectivity index (χ1v) is 11.0. The molecule has 0 saturated heterocycles. The highest BCUT2D eigenvalue weighted by molar-refractivity contribution is 9.10. The Hall–Kier alpha value is -3.96. The molecule has 0 spiro atoms. The zero-order valence-corrected chi connectivity index (χ0v) is 20.4. The molecule has 0 aliphatic heterocycles. The zero-order valence-electron chi connectivity index (χ0n) is 18.1. The number of hydrogen-bond donors (Lipinski definition) is 1. The van der Waals surface area contributed by atoms with Crippen LogP contribution in [-0.4, -0.2) is 36.7 Å². The Morgan fingerprint density at radius 1 is 1.09 bits per heavy atom.